The monoisotopic (exact) mass is 464 g/mol. The largest absolute Gasteiger partial charge is 0.296 e. The van der Waals surface area contributed by atoms with Gasteiger partial charge >= 0.3 is 0 Å². The SMILES string of the molecule is CCCCCC[Si](Cl)(Cl)[Si](Cl)(Cl)[Si](Cl)(Cl)CCCCCC. The summed E-state index contributed by atoms with van der Waals surface area (Å²) in [4.78, 5) is 0. The van der Waals surface area contributed by atoms with Gasteiger partial charge in [0.05, 0.1) is 0 Å². The molecule has 0 amide bonds. The van der Waals surface area contributed by atoms with Crippen LogP contribution >= 0.6 is 66.5 Å². The van der Waals surface area contributed by atoms with Crippen molar-refractivity contribution in [2.75, 3.05) is 0 Å². The first-order valence-corrected chi connectivity index (χ1v) is 22.2. The van der Waals surface area contributed by atoms with Crippen molar-refractivity contribution < 1.29 is 0 Å². The van der Waals surface area contributed by atoms with E-state index in [2.05, 4.69) is 13.8 Å². The van der Waals surface area contributed by atoms with Gasteiger partial charge in [-0.3, -0.25) is 0 Å². The maximum absolute atomic E-state index is 6.65. The lowest BCUT2D eigenvalue weighted by atomic mass is 10.2. The first-order chi connectivity index (χ1) is 9.62. The van der Waals surface area contributed by atoms with Gasteiger partial charge in [-0.1, -0.05) is 65.2 Å². The molecule has 0 fully saturated rings. The van der Waals surface area contributed by atoms with Crippen LogP contribution in [0.15, 0.2) is 0 Å². The summed E-state index contributed by atoms with van der Waals surface area (Å²) in [5.41, 5.74) is -2.99. The van der Waals surface area contributed by atoms with Gasteiger partial charge in [0.25, 0.3) is 18.2 Å². The summed E-state index contributed by atoms with van der Waals surface area (Å²) in [6, 6.07) is 1.41. The molecular weight excluding hydrogens is 441 g/mol. The van der Waals surface area contributed by atoms with Crippen LogP contribution in [0.2, 0.25) is 12.1 Å². The van der Waals surface area contributed by atoms with Crippen molar-refractivity contribution in [1.29, 1.82) is 0 Å². The van der Waals surface area contributed by atoms with Gasteiger partial charge in [0.1, 0.15) is 0 Å². The molecule has 0 aromatic carbocycles. The number of hydrogen-bond donors (Lipinski definition) is 0. The van der Waals surface area contributed by atoms with Crippen LogP contribution in [0.5, 0.6) is 0 Å². The molecule has 0 aromatic heterocycles. The molecule has 0 spiro atoms. The number of unbranched alkanes of at least 4 members (excludes halogenated alkanes) is 6. The fourth-order valence-electron chi connectivity index (χ4n) is 2.13. The minimum atomic E-state index is -2.99. The van der Waals surface area contributed by atoms with Gasteiger partial charge in [-0.25, -0.2) is 0 Å². The molecule has 0 aliphatic carbocycles. The van der Waals surface area contributed by atoms with Crippen molar-refractivity contribution in [3.63, 3.8) is 0 Å². The van der Waals surface area contributed by atoms with Crippen molar-refractivity contribution in [3.05, 3.63) is 0 Å². The van der Waals surface area contributed by atoms with Gasteiger partial charge in [0, 0.05) is 0 Å². The number of hydrogen-bond acceptors (Lipinski definition) is 0. The van der Waals surface area contributed by atoms with Gasteiger partial charge < -0.3 is 0 Å². The first kappa shape index (κ1) is 23.4. The van der Waals surface area contributed by atoms with E-state index in [1.54, 1.807) is 0 Å². The average Bonchev–Trinajstić information content (AvgIpc) is 2.39. The van der Waals surface area contributed by atoms with Crippen LogP contribution in [0, 0.1) is 0 Å². The Kier molecular flexibility index (Phi) is 12.4. The van der Waals surface area contributed by atoms with Crippen LogP contribution < -0.4 is 0 Å². The van der Waals surface area contributed by atoms with Gasteiger partial charge in [0.15, 0.2) is 0 Å². The lowest BCUT2D eigenvalue weighted by Crippen LogP contribution is -2.62. The predicted molar refractivity (Wildman–Crippen MR) is 110 cm³/mol. The molecule has 0 unspecified atom stereocenters. The number of halogens is 6. The van der Waals surface area contributed by atoms with E-state index in [9.17, 15) is 0 Å². The fraction of sp³-hybridized carbons (Fsp3) is 1.00. The van der Waals surface area contributed by atoms with Crippen LogP contribution in [0.4, 0.5) is 0 Å². The second-order valence-electron chi connectivity index (χ2n) is 5.60. The lowest BCUT2D eigenvalue weighted by molar-refractivity contribution is 0.699. The maximum atomic E-state index is 6.65. The molecule has 0 rings (SSSR count). The van der Waals surface area contributed by atoms with E-state index >= 15 is 0 Å². The fourth-order valence-corrected chi connectivity index (χ4v) is 43.9. The van der Waals surface area contributed by atoms with Crippen molar-refractivity contribution in [3.8, 4) is 0 Å². The van der Waals surface area contributed by atoms with Gasteiger partial charge in [-0.05, 0) is 12.1 Å². The van der Waals surface area contributed by atoms with E-state index in [4.69, 9.17) is 66.5 Å². The normalized spacial score (nSPS) is 13.7. The summed E-state index contributed by atoms with van der Waals surface area (Å²) in [5, 5.41) is 0. The Morgan fingerprint density at radius 1 is 0.524 bits per heavy atom. The van der Waals surface area contributed by atoms with Crippen molar-refractivity contribution in [2.24, 2.45) is 0 Å². The molecule has 0 aromatic rings. The smallest absolute Gasteiger partial charge is 0.147 e. The topological polar surface area (TPSA) is 0 Å². The molecule has 0 nitrogen and oxygen atoms in total. The highest BCUT2D eigenvalue weighted by Crippen LogP contribution is 2.49. The maximum Gasteiger partial charge on any atom is 0.296 e. The number of rotatable bonds is 12. The zero-order valence-corrected chi connectivity index (χ0v) is 20.4. The van der Waals surface area contributed by atoms with Crippen molar-refractivity contribution >= 4 is 84.6 Å². The van der Waals surface area contributed by atoms with Gasteiger partial charge in [0.2, 0.25) is 0 Å². The predicted octanol–water partition coefficient (Wildman–Crippen LogP) is 8.06. The molecule has 9 heteroatoms. The highest BCUT2D eigenvalue weighted by molar-refractivity contribution is 8.15. The molecule has 0 aliphatic heterocycles. The first-order valence-electron chi connectivity index (χ1n) is 7.76. The molecule has 0 heterocycles. The molecule has 21 heavy (non-hydrogen) atoms. The summed E-state index contributed by atoms with van der Waals surface area (Å²) < 4.78 is 0. The molecule has 0 bridgehead atoms. The summed E-state index contributed by atoms with van der Waals surface area (Å²) in [7, 11) is 0. The standard InChI is InChI=1S/C12H26Cl6Si3/c1-3-5-7-9-11-19(13,14)21(17,18)20(15,16)12-10-8-6-4-2/h3-12H2,1-2H3. The van der Waals surface area contributed by atoms with Crippen LogP contribution in [-0.4, -0.2) is 18.2 Å². The third-order valence-electron chi connectivity index (χ3n) is 3.61. The van der Waals surface area contributed by atoms with Crippen LogP contribution in [0.3, 0.4) is 0 Å². The molecule has 0 saturated carbocycles. The van der Waals surface area contributed by atoms with E-state index in [0.29, 0.717) is 12.1 Å². The van der Waals surface area contributed by atoms with Gasteiger partial charge in [-0.15, -0.1) is 66.5 Å². The second kappa shape index (κ2) is 11.1. The molecule has 0 saturated heterocycles. The van der Waals surface area contributed by atoms with Crippen LogP contribution in [0.1, 0.15) is 65.2 Å². The second-order valence-corrected chi connectivity index (χ2v) is 42.2. The summed E-state index contributed by atoms with van der Waals surface area (Å²) in [6.07, 6.45) is 3.31. The highest BCUT2D eigenvalue weighted by atomic mass is 35.8. The Balaban J connectivity index is 4.56. The van der Waals surface area contributed by atoms with E-state index < -0.39 is 18.2 Å². The Labute approximate surface area is 161 Å². The molecule has 0 atom stereocenters. The zero-order valence-electron chi connectivity index (χ0n) is 12.8. The summed E-state index contributed by atoms with van der Waals surface area (Å²) in [6.45, 7) is 4.33. The molecule has 0 radical (unpaired) electrons. The van der Waals surface area contributed by atoms with E-state index in [0.717, 1.165) is 25.7 Å². The molecule has 0 N–H and O–H groups in total. The minimum Gasteiger partial charge on any atom is -0.147 e. The Morgan fingerprint density at radius 3 is 1.14 bits per heavy atom. The lowest BCUT2D eigenvalue weighted by Gasteiger charge is -2.35. The van der Waals surface area contributed by atoms with Gasteiger partial charge in [-0.2, -0.15) is 0 Å². The highest BCUT2D eigenvalue weighted by Gasteiger charge is 2.66. The Bertz CT molecular complexity index is 260. The zero-order chi connectivity index (χ0) is 16.6. The van der Waals surface area contributed by atoms with E-state index in [-0.39, 0.29) is 0 Å². The Morgan fingerprint density at radius 2 is 0.857 bits per heavy atom. The Hall–Kier alpha value is 2.39. The summed E-state index contributed by atoms with van der Waals surface area (Å²) in [5.74, 6) is 0. The average molecular weight is 467 g/mol. The third-order valence-corrected chi connectivity index (χ3v) is 58.9. The quantitative estimate of drug-likeness (QED) is 0.155. The molecule has 128 valence electrons. The van der Waals surface area contributed by atoms with E-state index in [1.165, 1.54) is 25.7 Å². The van der Waals surface area contributed by atoms with Crippen LogP contribution in [0.25, 0.3) is 0 Å². The van der Waals surface area contributed by atoms with E-state index in [1.807, 2.05) is 0 Å². The van der Waals surface area contributed by atoms with Crippen LogP contribution in [-0.2, 0) is 0 Å². The third kappa shape index (κ3) is 7.87. The molecular formula is C12H26Cl6Si3. The minimum absolute atomic E-state index is 0.707. The summed E-state index contributed by atoms with van der Waals surface area (Å²) >= 11 is 39.7. The van der Waals surface area contributed by atoms with Crippen molar-refractivity contribution in [2.45, 2.75) is 77.3 Å². The van der Waals surface area contributed by atoms with Crippen molar-refractivity contribution in [1.82, 2.24) is 0 Å². The molecule has 0 aliphatic rings.